The number of carboxylic acid groups (broad SMARTS) is 1. The Kier molecular flexibility index (Phi) is 4.57. The van der Waals surface area contributed by atoms with Gasteiger partial charge in [-0.1, -0.05) is 40.2 Å². The fraction of sp³-hybridized carbons (Fsp3) is 0.100. The van der Waals surface area contributed by atoms with E-state index < -0.39 is 11.8 Å². The van der Waals surface area contributed by atoms with Gasteiger partial charge in [-0.3, -0.25) is 4.79 Å². The summed E-state index contributed by atoms with van der Waals surface area (Å²) in [5.41, 5.74) is 2.44. The van der Waals surface area contributed by atoms with E-state index in [-0.39, 0.29) is 23.1 Å². The number of halogens is 2. The highest BCUT2D eigenvalue weighted by Crippen LogP contribution is 2.49. The van der Waals surface area contributed by atoms with Gasteiger partial charge in [-0.05, 0) is 35.4 Å². The van der Waals surface area contributed by atoms with Crippen LogP contribution in [0.3, 0.4) is 0 Å². The zero-order valence-electron chi connectivity index (χ0n) is 13.8. The summed E-state index contributed by atoms with van der Waals surface area (Å²) < 4.78 is 14.2. The molecule has 27 heavy (non-hydrogen) atoms. The molecule has 0 fully saturated rings. The van der Waals surface area contributed by atoms with E-state index >= 15 is 0 Å². The third-order valence-electron chi connectivity index (χ3n) is 4.51. The van der Waals surface area contributed by atoms with Crippen LogP contribution < -0.4 is 5.32 Å². The summed E-state index contributed by atoms with van der Waals surface area (Å²) in [6.07, 6.45) is 0.247. The molecule has 0 bridgehead atoms. The summed E-state index contributed by atoms with van der Waals surface area (Å²) in [6.45, 7) is 0. The van der Waals surface area contributed by atoms with Gasteiger partial charge in [0.05, 0.1) is 5.69 Å². The lowest BCUT2D eigenvalue weighted by molar-refractivity contribution is -0.116. The Morgan fingerprint density at radius 3 is 2.44 bits per heavy atom. The third kappa shape index (κ3) is 3.28. The van der Waals surface area contributed by atoms with Crippen LogP contribution in [0.4, 0.5) is 10.1 Å². The van der Waals surface area contributed by atoms with Gasteiger partial charge in [0.25, 0.3) is 0 Å². The predicted molar refractivity (Wildman–Crippen MR) is 106 cm³/mol. The van der Waals surface area contributed by atoms with Crippen molar-refractivity contribution in [3.8, 4) is 11.1 Å². The average Bonchev–Trinajstić information content (AvgIpc) is 3.02. The van der Waals surface area contributed by atoms with Crippen LogP contribution in [0.25, 0.3) is 11.1 Å². The molecule has 0 spiro atoms. The molecule has 0 saturated heterocycles. The first-order chi connectivity index (χ1) is 12.9. The zero-order valence-corrected chi connectivity index (χ0v) is 16.2. The molecule has 1 amide bonds. The van der Waals surface area contributed by atoms with Crippen molar-refractivity contribution in [2.45, 2.75) is 12.3 Å². The van der Waals surface area contributed by atoms with E-state index in [9.17, 15) is 19.1 Å². The molecular weight excluding hydrogens is 433 g/mol. The van der Waals surface area contributed by atoms with Crippen molar-refractivity contribution in [2.24, 2.45) is 0 Å². The summed E-state index contributed by atoms with van der Waals surface area (Å²) in [6, 6.07) is 13.3. The highest BCUT2D eigenvalue weighted by atomic mass is 79.9. The van der Waals surface area contributed by atoms with Gasteiger partial charge in [0.2, 0.25) is 5.91 Å². The van der Waals surface area contributed by atoms with Crippen molar-refractivity contribution >= 4 is 44.8 Å². The zero-order chi connectivity index (χ0) is 19.1. The number of nitrogens with one attached hydrogen (secondary N) is 1. The second kappa shape index (κ2) is 6.90. The maximum Gasteiger partial charge on any atom is 0.346 e. The van der Waals surface area contributed by atoms with E-state index in [0.717, 1.165) is 26.3 Å². The van der Waals surface area contributed by atoms with Gasteiger partial charge >= 0.3 is 5.97 Å². The van der Waals surface area contributed by atoms with Crippen molar-refractivity contribution < 1.29 is 19.1 Å². The largest absolute Gasteiger partial charge is 0.477 e. The minimum absolute atomic E-state index is 0.135. The lowest BCUT2D eigenvalue weighted by Crippen LogP contribution is -2.22. The van der Waals surface area contributed by atoms with E-state index in [1.165, 1.54) is 24.3 Å². The van der Waals surface area contributed by atoms with E-state index in [1.807, 2.05) is 24.3 Å². The highest BCUT2D eigenvalue weighted by Gasteiger charge is 2.34. The number of anilines is 1. The van der Waals surface area contributed by atoms with E-state index in [0.29, 0.717) is 16.8 Å². The number of hydrogen-bond donors (Lipinski definition) is 2. The molecule has 7 heteroatoms. The summed E-state index contributed by atoms with van der Waals surface area (Å²) >= 11 is 4.56. The van der Waals surface area contributed by atoms with Crippen molar-refractivity contribution in [1.29, 1.82) is 0 Å². The molecule has 4 rings (SSSR count). The van der Waals surface area contributed by atoms with Crippen LogP contribution in [0.5, 0.6) is 0 Å². The maximum absolute atomic E-state index is 13.3. The number of thiophene rings is 1. The lowest BCUT2D eigenvalue weighted by Gasteiger charge is -2.24. The Morgan fingerprint density at radius 2 is 1.81 bits per heavy atom. The molecule has 3 aromatic rings. The van der Waals surface area contributed by atoms with E-state index in [2.05, 4.69) is 21.2 Å². The summed E-state index contributed by atoms with van der Waals surface area (Å²) in [5.74, 6) is -1.87. The van der Waals surface area contributed by atoms with Crippen LogP contribution in [-0.4, -0.2) is 17.0 Å². The Bertz CT molecular complexity index is 1040. The van der Waals surface area contributed by atoms with Crippen molar-refractivity contribution in [3.05, 3.63) is 74.1 Å². The monoisotopic (exact) mass is 445 g/mol. The van der Waals surface area contributed by atoms with Crippen LogP contribution in [0.2, 0.25) is 0 Å². The van der Waals surface area contributed by atoms with Crippen LogP contribution in [0, 0.1) is 5.82 Å². The predicted octanol–water partition coefficient (Wildman–Crippen LogP) is 5.49. The molecule has 2 heterocycles. The van der Waals surface area contributed by atoms with E-state index in [1.54, 1.807) is 0 Å². The first-order valence-corrected chi connectivity index (χ1v) is 9.76. The van der Waals surface area contributed by atoms with Crippen LogP contribution in [0.1, 0.15) is 32.5 Å². The fourth-order valence-corrected chi connectivity index (χ4v) is 4.80. The molecular formula is C20H13BrFNO3S. The fourth-order valence-electron chi connectivity index (χ4n) is 3.29. The van der Waals surface area contributed by atoms with Crippen LogP contribution in [0.15, 0.2) is 53.0 Å². The molecule has 4 nitrogen and oxygen atoms in total. The Balaban J connectivity index is 1.92. The first-order valence-electron chi connectivity index (χ1n) is 8.15. The minimum atomic E-state index is -1.07. The van der Waals surface area contributed by atoms with Gasteiger partial charge < -0.3 is 10.4 Å². The normalized spacial score (nSPS) is 15.9. The smallest absolute Gasteiger partial charge is 0.346 e. The molecule has 0 unspecified atom stereocenters. The number of fused-ring (bicyclic) bond motifs is 1. The van der Waals surface area contributed by atoms with Gasteiger partial charge in [0, 0.05) is 27.3 Å². The topological polar surface area (TPSA) is 66.4 Å². The molecule has 2 aromatic carbocycles. The number of aromatic carboxylic acids is 1. The minimum Gasteiger partial charge on any atom is -0.477 e. The van der Waals surface area contributed by atoms with Gasteiger partial charge in [0.1, 0.15) is 10.7 Å². The summed E-state index contributed by atoms with van der Waals surface area (Å²) in [4.78, 5) is 25.2. The maximum atomic E-state index is 13.3. The Hall–Kier alpha value is -2.51. The molecule has 0 aliphatic carbocycles. The quantitative estimate of drug-likeness (QED) is 0.559. The number of hydrogen-bond acceptors (Lipinski definition) is 3. The third-order valence-corrected chi connectivity index (χ3v) is 6.33. The molecule has 1 aromatic heterocycles. The number of benzene rings is 2. The first kappa shape index (κ1) is 17.9. The Labute approximate surface area is 166 Å². The summed E-state index contributed by atoms with van der Waals surface area (Å²) in [5, 5.41) is 12.5. The average molecular weight is 446 g/mol. The van der Waals surface area contributed by atoms with Crippen molar-refractivity contribution in [3.63, 3.8) is 0 Å². The number of carboxylic acids is 1. The molecule has 0 radical (unpaired) electrons. The Morgan fingerprint density at radius 1 is 1.15 bits per heavy atom. The molecule has 136 valence electrons. The van der Waals surface area contributed by atoms with Crippen LogP contribution >= 0.6 is 27.3 Å². The van der Waals surface area contributed by atoms with Gasteiger partial charge in [-0.2, -0.15) is 0 Å². The second-order valence-electron chi connectivity index (χ2n) is 6.21. The number of amides is 1. The SMILES string of the molecule is O=C1C[C@H](c2ccc(Br)cc2)c2sc(C(=O)O)c(-c3ccc(F)cc3)c2N1. The van der Waals surface area contributed by atoms with Crippen molar-refractivity contribution in [1.82, 2.24) is 0 Å². The molecule has 1 atom stereocenters. The van der Waals surface area contributed by atoms with Gasteiger partial charge in [-0.25, -0.2) is 9.18 Å². The number of carbonyl (C=O) groups excluding carboxylic acids is 1. The molecule has 0 saturated carbocycles. The van der Waals surface area contributed by atoms with Gasteiger partial charge in [-0.15, -0.1) is 11.3 Å². The molecule has 1 aliphatic heterocycles. The van der Waals surface area contributed by atoms with Gasteiger partial charge in [0.15, 0.2) is 0 Å². The molecule has 1 aliphatic rings. The highest BCUT2D eigenvalue weighted by molar-refractivity contribution is 9.10. The number of carbonyl (C=O) groups is 2. The van der Waals surface area contributed by atoms with Crippen LogP contribution in [-0.2, 0) is 4.79 Å². The lowest BCUT2D eigenvalue weighted by atomic mass is 9.89. The van der Waals surface area contributed by atoms with Crippen molar-refractivity contribution in [2.75, 3.05) is 5.32 Å². The second-order valence-corrected chi connectivity index (χ2v) is 8.18. The number of rotatable bonds is 3. The standard InChI is InChI=1S/C20H13BrFNO3S/c21-12-5-1-10(2-6-12)14-9-15(24)23-17-16(11-3-7-13(22)8-4-11)19(20(25)26)27-18(14)17/h1-8,14H,9H2,(H,23,24)(H,25,26)/t14-/m1/s1. The van der Waals surface area contributed by atoms with E-state index in [4.69, 9.17) is 0 Å². The summed E-state index contributed by atoms with van der Waals surface area (Å²) in [7, 11) is 0. The molecule has 2 N–H and O–H groups in total.